The van der Waals surface area contributed by atoms with Crippen LogP contribution in [0, 0.1) is 12.7 Å². The van der Waals surface area contributed by atoms with E-state index in [0.717, 1.165) is 36.0 Å². The number of aliphatic hydroxyl groups excluding tert-OH is 1. The Balaban J connectivity index is 1.52. The van der Waals surface area contributed by atoms with Gasteiger partial charge in [0.15, 0.2) is 0 Å². The molecule has 0 unspecified atom stereocenters. The molecule has 0 aliphatic carbocycles. The molecule has 0 spiro atoms. The van der Waals surface area contributed by atoms with Gasteiger partial charge in [-0.2, -0.15) is 0 Å². The molecule has 1 aromatic carbocycles. The van der Waals surface area contributed by atoms with E-state index in [1.54, 1.807) is 24.4 Å². The summed E-state index contributed by atoms with van der Waals surface area (Å²) in [5.41, 5.74) is 2.28. The Morgan fingerprint density at radius 1 is 1.11 bits per heavy atom. The Morgan fingerprint density at radius 2 is 1.84 bits per heavy atom. The summed E-state index contributed by atoms with van der Waals surface area (Å²) in [7, 11) is 0. The van der Waals surface area contributed by atoms with Crippen molar-refractivity contribution >= 4 is 51.7 Å². The third kappa shape index (κ3) is 5.30. The van der Waals surface area contributed by atoms with E-state index in [2.05, 4.69) is 9.80 Å². The van der Waals surface area contributed by atoms with Crippen molar-refractivity contribution in [3.8, 4) is 0 Å². The lowest BCUT2D eigenvalue weighted by molar-refractivity contribution is -0.122. The molecule has 37 heavy (non-hydrogen) atoms. The van der Waals surface area contributed by atoms with Crippen molar-refractivity contribution in [2.45, 2.75) is 13.5 Å². The molecule has 2 fully saturated rings. The fraction of sp³-hybridized carbons (Fsp3) is 0.308. The number of rotatable bonds is 6. The SMILES string of the molecule is Cc1ccc2nc(N3CCN(CCO)CC3)c(/C=C3/SC(=S)N(Cc4ccc(F)cc4)C3=O)c(=O)n2c1. The summed E-state index contributed by atoms with van der Waals surface area (Å²) in [6.45, 7) is 5.56. The number of piperazine rings is 1. The molecule has 192 valence electrons. The van der Waals surface area contributed by atoms with Gasteiger partial charge in [0.05, 0.1) is 23.6 Å². The van der Waals surface area contributed by atoms with E-state index in [1.807, 2.05) is 19.1 Å². The lowest BCUT2D eigenvalue weighted by Crippen LogP contribution is -2.48. The first-order valence-electron chi connectivity index (χ1n) is 11.9. The molecular weight excluding hydrogens is 513 g/mol. The zero-order valence-electron chi connectivity index (χ0n) is 20.3. The van der Waals surface area contributed by atoms with Gasteiger partial charge in [-0.05, 0) is 42.3 Å². The number of carbonyl (C=O) groups is 1. The van der Waals surface area contributed by atoms with Crippen LogP contribution in [0.5, 0.6) is 0 Å². The summed E-state index contributed by atoms with van der Waals surface area (Å²) < 4.78 is 15.2. The highest BCUT2D eigenvalue weighted by molar-refractivity contribution is 8.26. The molecule has 4 heterocycles. The smallest absolute Gasteiger partial charge is 0.267 e. The van der Waals surface area contributed by atoms with Crippen molar-refractivity contribution in [1.29, 1.82) is 0 Å². The number of fused-ring (bicyclic) bond motifs is 1. The number of anilines is 1. The largest absolute Gasteiger partial charge is 0.395 e. The van der Waals surface area contributed by atoms with E-state index in [9.17, 15) is 19.1 Å². The monoisotopic (exact) mass is 539 g/mol. The van der Waals surface area contributed by atoms with Gasteiger partial charge in [0.2, 0.25) is 0 Å². The maximum absolute atomic E-state index is 13.7. The summed E-state index contributed by atoms with van der Waals surface area (Å²) >= 11 is 6.62. The standard InChI is InChI=1S/C26H26FN5O3S2/c1-17-2-7-22-28-23(30-10-8-29(9-11-30)12-13-33)20(24(34)31(22)15-17)14-21-25(35)32(26(36)37-21)16-18-3-5-19(27)6-4-18/h2-7,14-15,33H,8-13,16H2,1H3/b21-14+. The maximum atomic E-state index is 13.7. The maximum Gasteiger partial charge on any atom is 0.267 e. The molecule has 1 N–H and O–H groups in total. The summed E-state index contributed by atoms with van der Waals surface area (Å²) in [5.74, 6) is -0.119. The van der Waals surface area contributed by atoms with Gasteiger partial charge in [0.25, 0.3) is 11.5 Å². The first kappa shape index (κ1) is 25.5. The van der Waals surface area contributed by atoms with Crippen LogP contribution in [0.25, 0.3) is 11.7 Å². The van der Waals surface area contributed by atoms with Gasteiger partial charge >= 0.3 is 0 Å². The predicted molar refractivity (Wildman–Crippen MR) is 147 cm³/mol. The normalized spacial score (nSPS) is 18.0. The highest BCUT2D eigenvalue weighted by atomic mass is 32.2. The van der Waals surface area contributed by atoms with Crippen LogP contribution in [0.2, 0.25) is 0 Å². The van der Waals surface area contributed by atoms with Crippen molar-refractivity contribution in [1.82, 2.24) is 19.2 Å². The minimum absolute atomic E-state index is 0.0972. The molecule has 0 bridgehead atoms. The molecule has 8 nitrogen and oxygen atoms in total. The molecule has 0 atom stereocenters. The number of aromatic nitrogens is 2. The van der Waals surface area contributed by atoms with Gasteiger partial charge in [-0.25, -0.2) is 9.37 Å². The Hall–Kier alpha value is -3.12. The first-order valence-corrected chi connectivity index (χ1v) is 13.2. The van der Waals surface area contributed by atoms with Crippen LogP contribution < -0.4 is 10.5 Å². The van der Waals surface area contributed by atoms with Gasteiger partial charge in [-0.3, -0.25) is 23.8 Å². The molecule has 2 aliphatic rings. The Kier molecular flexibility index (Phi) is 7.38. The predicted octanol–water partition coefficient (Wildman–Crippen LogP) is 2.66. The average molecular weight is 540 g/mol. The van der Waals surface area contributed by atoms with Crippen LogP contribution in [0.15, 0.2) is 52.3 Å². The number of β-amino-alcohol motifs (C(OH)–C–C–N with tert-alkyl or cyclic N) is 1. The molecule has 11 heteroatoms. The number of aryl methyl sites for hydroxylation is 1. The van der Waals surface area contributed by atoms with Crippen molar-refractivity contribution < 1.29 is 14.3 Å². The zero-order valence-corrected chi connectivity index (χ0v) is 21.9. The van der Waals surface area contributed by atoms with E-state index in [1.165, 1.54) is 21.4 Å². The summed E-state index contributed by atoms with van der Waals surface area (Å²) in [4.78, 5) is 37.9. The number of benzene rings is 1. The third-order valence-corrected chi connectivity index (χ3v) is 7.85. The van der Waals surface area contributed by atoms with E-state index in [-0.39, 0.29) is 30.4 Å². The minimum atomic E-state index is -0.349. The Morgan fingerprint density at radius 3 is 2.54 bits per heavy atom. The van der Waals surface area contributed by atoms with Gasteiger partial charge < -0.3 is 10.0 Å². The molecule has 1 amide bonds. The van der Waals surface area contributed by atoms with Gasteiger partial charge in [-0.15, -0.1) is 0 Å². The number of aliphatic hydroxyl groups is 1. The highest BCUT2D eigenvalue weighted by Crippen LogP contribution is 2.34. The van der Waals surface area contributed by atoms with E-state index < -0.39 is 0 Å². The second-order valence-corrected chi connectivity index (χ2v) is 10.7. The number of hydrogen-bond donors (Lipinski definition) is 1. The number of carbonyl (C=O) groups excluding carboxylic acids is 1. The number of nitrogens with zero attached hydrogens (tertiary/aromatic N) is 5. The number of halogens is 1. The van der Waals surface area contributed by atoms with E-state index in [0.29, 0.717) is 45.9 Å². The Bertz CT molecular complexity index is 1450. The minimum Gasteiger partial charge on any atom is -0.395 e. The van der Waals surface area contributed by atoms with Gasteiger partial charge in [-0.1, -0.05) is 42.2 Å². The van der Waals surface area contributed by atoms with Crippen LogP contribution in [0.4, 0.5) is 10.2 Å². The summed E-state index contributed by atoms with van der Waals surface area (Å²) in [6, 6.07) is 9.65. The quantitative estimate of drug-likeness (QED) is 0.378. The van der Waals surface area contributed by atoms with Crippen molar-refractivity contribution in [2.24, 2.45) is 0 Å². The van der Waals surface area contributed by atoms with E-state index in [4.69, 9.17) is 17.2 Å². The fourth-order valence-electron chi connectivity index (χ4n) is 4.48. The second-order valence-electron chi connectivity index (χ2n) is 9.04. The molecule has 2 aromatic heterocycles. The van der Waals surface area contributed by atoms with Crippen LogP contribution in [-0.4, -0.2) is 73.8 Å². The van der Waals surface area contributed by atoms with Crippen LogP contribution >= 0.6 is 24.0 Å². The van der Waals surface area contributed by atoms with Crippen molar-refractivity contribution in [3.05, 3.63) is 80.4 Å². The van der Waals surface area contributed by atoms with Crippen molar-refractivity contribution in [3.63, 3.8) is 0 Å². The zero-order chi connectivity index (χ0) is 26.1. The van der Waals surface area contributed by atoms with Crippen LogP contribution in [-0.2, 0) is 11.3 Å². The van der Waals surface area contributed by atoms with Crippen LogP contribution in [0.3, 0.4) is 0 Å². The van der Waals surface area contributed by atoms with Gasteiger partial charge in [0, 0.05) is 38.9 Å². The summed E-state index contributed by atoms with van der Waals surface area (Å²) in [5, 5.41) is 9.27. The second kappa shape index (κ2) is 10.7. The summed E-state index contributed by atoms with van der Waals surface area (Å²) in [6.07, 6.45) is 3.34. The van der Waals surface area contributed by atoms with Crippen LogP contribution in [0.1, 0.15) is 16.7 Å². The molecule has 0 saturated carbocycles. The highest BCUT2D eigenvalue weighted by Gasteiger charge is 2.33. The average Bonchev–Trinajstić information content (AvgIpc) is 3.15. The lowest BCUT2D eigenvalue weighted by atomic mass is 10.2. The lowest BCUT2D eigenvalue weighted by Gasteiger charge is -2.35. The molecular formula is C26H26FN5O3S2. The fourth-order valence-corrected chi connectivity index (χ4v) is 5.72. The molecule has 5 rings (SSSR count). The molecule has 2 aliphatic heterocycles. The van der Waals surface area contributed by atoms with Crippen molar-refractivity contribution in [2.75, 3.05) is 44.2 Å². The number of thioether (sulfide) groups is 1. The van der Waals surface area contributed by atoms with E-state index >= 15 is 0 Å². The number of amides is 1. The molecule has 3 aromatic rings. The van der Waals surface area contributed by atoms with Gasteiger partial charge in [0.1, 0.15) is 21.6 Å². The number of pyridine rings is 1. The third-order valence-electron chi connectivity index (χ3n) is 6.48. The molecule has 0 radical (unpaired) electrons. The number of thiocarbonyl (C=S) groups is 1. The topological polar surface area (TPSA) is 81.4 Å². The first-order chi connectivity index (χ1) is 17.8. The number of hydrogen-bond acceptors (Lipinski definition) is 8. The molecule has 2 saturated heterocycles. The Labute approximate surface area is 223 Å².